The van der Waals surface area contributed by atoms with Crippen LogP contribution in [0.3, 0.4) is 0 Å². The summed E-state index contributed by atoms with van der Waals surface area (Å²) in [6, 6.07) is 15.1. The maximum Gasteiger partial charge on any atom is 0.347 e. The summed E-state index contributed by atoms with van der Waals surface area (Å²) in [5.74, 6) is -0.124. The largest absolute Gasteiger partial charge is 0.479 e. The highest BCUT2D eigenvalue weighted by atomic mass is 16.6. The van der Waals surface area contributed by atoms with Crippen molar-refractivity contribution >= 4 is 11.6 Å². The van der Waals surface area contributed by atoms with Crippen molar-refractivity contribution in [3.8, 4) is 11.8 Å². The summed E-state index contributed by atoms with van der Waals surface area (Å²) in [6.45, 7) is 3.25. The zero-order chi connectivity index (χ0) is 19.4. The summed E-state index contributed by atoms with van der Waals surface area (Å²) in [4.78, 5) is 28.7. The molecule has 0 saturated carbocycles. The molecule has 1 aromatic carbocycles. The second-order valence-electron chi connectivity index (χ2n) is 5.95. The van der Waals surface area contributed by atoms with Crippen molar-refractivity contribution in [3.63, 3.8) is 0 Å². The van der Waals surface area contributed by atoms with Crippen LogP contribution in [0.25, 0.3) is 5.65 Å². The monoisotopic (exact) mass is 363 g/mol. The van der Waals surface area contributed by atoms with Gasteiger partial charge in [-0.3, -0.25) is 9.20 Å². The summed E-state index contributed by atoms with van der Waals surface area (Å²) in [6.07, 6.45) is -0.846. The predicted molar refractivity (Wildman–Crippen MR) is 97.2 cm³/mol. The number of rotatable bonds is 5. The zero-order valence-electron chi connectivity index (χ0n) is 14.9. The molecule has 0 aliphatic rings. The Balaban J connectivity index is 1.65. The molecule has 0 bridgehead atoms. The summed E-state index contributed by atoms with van der Waals surface area (Å²) >= 11 is 0. The lowest BCUT2D eigenvalue weighted by Gasteiger charge is -2.14. The number of fused-ring (bicyclic) bond motifs is 1. The number of hydrogen-bond acceptors (Lipinski definition) is 6. The first-order chi connectivity index (χ1) is 13.0. The van der Waals surface area contributed by atoms with Crippen molar-refractivity contribution in [1.29, 1.82) is 5.26 Å². The van der Waals surface area contributed by atoms with Crippen LogP contribution in [0.4, 0.5) is 0 Å². The van der Waals surface area contributed by atoms with Gasteiger partial charge in [0.2, 0.25) is 0 Å². The number of ether oxygens (including phenoxy) is 2. The predicted octanol–water partition coefficient (Wildman–Crippen LogP) is 2.39. The first-order valence-corrected chi connectivity index (χ1v) is 8.29. The fourth-order valence-electron chi connectivity index (χ4n) is 2.56. The molecule has 0 saturated heterocycles. The molecule has 136 valence electrons. The van der Waals surface area contributed by atoms with Crippen molar-refractivity contribution in [2.75, 3.05) is 0 Å². The number of carbonyl (C=O) groups is 1. The number of esters is 1. The quantitative estimate of drug-likeness (QED) is 0.646. The van der Waals surface area contributed by atoms with Crippen LogP contribution >= 0.6 is 0 Å². The van der Waals surface area contributed by atoms with Crippen molar-refractivity contribution in [3.05, 3.63) is 75.8 Å². The highest BCUT2D eigenvalue weighted by Crippen LogP contribution is 2.14. The van der Waals surface area contributed by atoms with Gasteiger partial charge in [0.25, 0.3) is 5.56 Å². The number of aromatic nitrogens is 2. The van der Waals surface area contributed by atoms with E-state index in [1.807, 2.05) is 19.1 Å². The maximum atomic E-state index is 12.2. The molecular weight excluding hydrogens is 346 g/mol. The third-order valence-corrected chi connectivity index (χ3v) is 3.92. The van der Waals surface area contributed by atoms with Crippen LogP contribution in [0.5, 0.6) is 5.75 Å². The number of aryl methyl sites for hydroxylation is 1. The molecule has 0 spiro atoms. The van der Waals surface area contributed by atoms with E-state index in [9.17, 15) is 9.59 Å². The van der Waals surface area contributed by atoms with E-state index in [-0.39, 0.29) is 12.2 Å². The number of nitriles is 1. The van der Waals surface area contributed by atoms with Gasteiger partial charge in [-0.15, -0.1) is 0 Å². The summed E-state index contributed by atoms with van der Waals surface area (Å²) in [5.41, 5.74) is 1.91. The average Bonchev–Trinajstić information content (AvgIpc) is 2.66. The molecule has 0 N–H and O–H groups in total. The van der Waals surface area contributed by atoms with E-state index >= 15 is 0 Å². The molecule has 27 heavy (non-hydrogen) atoms. The molecule has 1 unspecified atom stereocenters. The number of benzene rings is 1. The third kappa shape index (κ3) is 4.12. The highest BCUT2D eigenvalue weighted by Gasteiger charge is 2.17. The molecule has 2 aromatic heterocycles. The highest BCUT2D eigenvalue weighted by molar-refractivity contribution is 5.74. The molecule has 0 radical (unpaired) electrons. The lowest BCUT2D eigenvalue weighted by Crippen LogP contribution is -2.26. The smallest absolute Gasteiger partial charge is 0.347 e. The molecule has 0 aliphatic heterocycles. The molecule has 7 heteroatoms. The van der Waals surface area contributed by atoms with Crippen LogP contribution in [-0.4, -0.2) is 21.5 Å². The second-order valence-corrected chi connectivity index (χ2v) is 5.95. The van der Waals surface area contributed by atoms with Crippen molar-refractivity contribution in [2.24, 2.45) is 0 Å². The molecule has 0 aliphatic carbocycles. The van der Waals surface area contributed by atoms with Crippen LogP contribution in [0.2, 0.25) is 0 Å². The van der Waals surface area contributed by atoms with E-state index in [0.29, 0.717) is 22.7 Å². The zero-order valence-corrected chi connectivity index (χ0v) is 14.9. The first kappa shape index (κ1) is 18.1. The van der Waals surface area contributed by atoms with E-state index in [0.717, 1.165) is 5.69 Å². The summed E-state index contributed by atoms with van der Waals surface area (Å²) in [5, 5.41) is 8.78. The van der Waals surface area contributed by atoms with Gasteiger partial charge in [0.15, 0.2) is 6.10 Å². The number of hydrogen-bond donors (Lipinski definition) is 0. The van der Waals surface area contributed by atoms with E-state index in [1.54, 1.807) is 43.3 Å². The summed E-state index contributed by atoms with van der Waals surface area (Å²) in [7, 11) is 0. The van der Waals surface area contributed by atoms with Gasteiger partial charge in [-0.05, 0) is 50.2 Å². The van der Waals surface area contributed by atoms with Gasteiger partial charge >= 0.3 is 5.97 Å². The van der Waals surface area contributed by atoms with E-state index < -0.39 is 12.1 Å². The average molecular weight is 363 g/mol. The molecule has 2 heterocycles. The molecule has 1 atom stereocenters. The van der Waals surface area contributed by atoms with Gasteiger partial charge in [0, 0.05) is 11.8 Å². The van der Waals surface area contributed by atoms with Gasteiger partial charge < -0.3 is 9.47 Å². The fourth-order valence-corrected chi connectivity index (χ4v) is 2.56. The van der Waals surface area contributed by atoms with E-state index in [1.165, 1.54) is 10.5 Å². The first-order valence-electron chi connectivity index (χ1n) is 8.29. The van der Waals surface area contributed by atoms with Gasteiger partial charge in [-0.1, -0.05) is 6.07 Å². The minimum absolute atomic E-state index is 0.125. The van der Waals surface area contributed by atoms with E-state index in [2.05, 4.69) is 4.98 Å². The Morgan fingerprint density at radius 1 is 1.26 bits per heavy atom. The van der Waals surface area contributed by atoms with E-state index in [4.69, 9.17) is 14.7 Å². The normalized spacial score (nSPS) is 11.6. The van der Waals surface area contributed by atoms with Gasteiger partial charge in [0.05, 0.1) is 17.3 Å². The Bertz CT molecular complexity index is 1080. The SMILES string of the molecule is Cc1cccc2nc(COC(=O)C(C)Oc3ccc(C#N)cc3)cc(=O)n12. The molecular formula is C20H17N3O4. The lowest BCUT2D eigenvalue weighted by atomic mass is 10.2. The number of carbonyl (C=O) groups excluding carboxylic acids is 1. The van der Waals surface area contributed by atoms with Gasteiger partial charge in [-0.25, -0.2) is 9.78 Å². The Labute approximate surface area is 155 Å². The molecule has 0 amide bonds. The van der Waals surface area contributed by atoms with Gasteiger partial charge in [0.1, 0.15) is 18.0 Å². The van der Waals surface area contributed by atoms with Crippen LogP contribution in [0.1, 0.15) is 23.9 Å². The van der Waals surface area contributed by atoms with Crippen LogP contribution in [0.15, 0.2) is 53.3 Å². The third-order valence-electron chi connectivity index (χ3n) is 3.92. The molecule has 3 aromatic rings. The van der Waals surface area contributed by atoms with Crippen LogP contribution in [0, 0.1) is 18.3 Å². The topological polar surface area (TPSA) is 93.7 Å². The fraction of sp³-hybridized carbons (Fsp3) is 0.200. The molecule has 7 nitrogen and oxygen atoms in total. The number of nitrogens with zero attached hydrogens (tertiary/aromatic N) is 3. The minimum atomic E-state index is -0.846. The molecule has 0 fully saturated rings. The Morgan fingerprint density at radius 2 is 2.00 bits per heavy atom. The number of pyridine rings is 1. The minimum Gasteiger partial charge on any atom is -0.479 e. The van der Waals surface area contributed by atoms with Crippen molar-refractivity contribution in [2.45, 2.75) is 26.6 Å². The van der Waals surface area contributed by atoms with Crippen molar-refractivity contribution < 1.29 is 14.3 Å². The van der Waals surface area contributed by atoms with Crippen LogP contribution < -0.4 is 10.3 Å². The standard InChI is InChI=1S/C20H17N3O4/c1-13-4-3-5-18-22-16(10-19(24)23(13)18)12-26-20(25)14(2)27-17-8-6-15(11-21)7-9-17/h3-10,14H,12H2,1-2H3. The van der Waals surface area contributed by atoms with Crippen molar-refractivity contribution in [1.82, 2.24) is 9.38 Å². The summed E-state index contributed by atoms with van der Waals surface area (Å²) < 4.78 is 12.2. The molecule has 3 rings (SSSR count). The maximum absolute atomic E-state index is 12.2. The second kappa shape index (κ2) is 7.70. The van der Waals surface area contributed by atoms with Crippen LogP contribution in [-0.2, 0) is 16.1 Å². The lowest BCUT2D eigenvalue weighted by molar-refractivity contribution is -0.152. The van der Waals surface area contributed by atoms with Gasteiger partial charge in [-0.2, -0.15) is 5.26 Å². The Morgan fingerprint density at radius 3 is 2.70 bits per heavy atom. The Hall–Kier alpha value is -3.66. The Kier molecular flexibility index (Phi) is 5.18.